The molecule has 0 saturated heterocycles. The van der Waals surface area contributed by atoms with Gasteiger partial charge in [0, 0.05) is 64.3 Å². The fourth-order valence-electron chi connectivity index (χ4n) is 9.44. The summed E-state index contributed by atoms with van der Waals surface area (Å²) < 4.78 is 18.1. The maximum absolute atomic E-state index is 6.82. The third-order valence-electron chi connectivity index (χ3n) is 12.2. The van der Waals surface area contributed by atoms with Crippen molar-refractivity contribution in [3.8, 4) is 27.9 Å². The topological polar surface area (TPSA) is 34.5 Å². The van der Waals surface area contributed by atoms with E-state index in [-0.39, 0.29) is 0 Å². The Morgan fingerprint density at radius 1 is 0.410 bits per heavy atom. The van der Waals surface area contributed by atoms with E-state index in [4.69, 9.17) is 8.83 Å². The molecule has 0 spiro atoms. The Kier molecular flexibility index (Phi) is 7.44. The zero-order valence-electron chi connectivity index (χ0n) is 32.7. The number of furan rings is 2. The molecule has 0 N–H and O–H groups in total. The van der Waals surface area contributed by atoms with Crippen LogP contribution in [0.1, 0.15) is 0 Å². The van der Waals surface area contributed by atoms with Gasteiger partial charge in [-0.3, -0.25) is 4.57 Å². The number of benzene rings is 9. The lowest BCUT2D eigenvalue weighted by molar-refractivity contribution is 0.645. The molecule has 13 rings (SSSR count). The number of thiophene rings is 1. The molecule has 286 valence electrons. The maximum atomic E-state index is 6.82. The van der Waals surface area contributed by atoms with Crippen molar-refractivity contribution in [2.45, 2.75) is 0 Å². The molecule has 0 amide bonds. The van der Waals surface area contributed by atoms with E-state index >= 15 is 0 Å². The minimum atomic E-state index is 0.825. The van der Waals surface area contributed by atoms with E-state index in [1.54, 1.807) is 0 Å². The monoisotopic (exact) mass is 798 g/mol. The molecule has 0 radical (unpaired) electrons. The highest BCUT2D eigenvalue weighted by atomic mass is 32.1. The lowest BCUT2D eigenvalue weighted by Crippen LogP contribution is -2.10. The largest absolute Gasteiger partial charge is 0.455 e. The Morgan fingerprint density at radius 3 is 1.90 bits per heavy atom. The molecule has 0 aliphatic carbocycles. The number of hydrogen-bond acceptors (Lipinski definition) is 4. The van der Waals surface area contributed by atoms with Gasteiger partial charge in [0.25, 0.3) is 0 Å². The summed E-state index contributed by atoms with van der Waals surface area (Å²) in [5.74, 6) is 0. The summed E-state index contributed by atoms with van der Waals surface area (Å²) in [7, 11) is 0. The number of aromatic nitrogens is 1. The van der Waals surface area contributed by atoms with Crippen molar-refractivity contribution in [3.63, 3.8) is 0 Å². The van der Waals surface area contributed by atoms with Crippen molar-refractivity contribution < 1.29 is 8.83 Å². The van der Waals surface area contributed by atoms with Crippen molar-refractivity contribution in [1.82, 2.24) is 4.57 Å². The van der Waals surface area contributed by atoms with Crippen molar-refractivity contribution >= 4 is 103 Å². The van der Waals surface area contributed by atoms with Crippen LogP contribution in [0.25, 0.3) is 103 Å². The van der Waals surface area contributed by atoms with Gasteiger partial charge in [0.15, 0.2) is 0 Å². The molecule has 4 nitrogen and oxygen atoms in total. The number of para-hydroxylation sites is 3. The Bertz CT molecular complexity index is 3810. The van der Waals surface area contributed by atoms with E-state index in [0.29, 0.717) is 0 Å². The molecule has 0 unspecified atom stereocenters. The van der Waals surface area contributed by atoms with Crippen LogP contribution < -0.4 is 4.90 Å². The quantitative estimate of drug-likeness (QED) is 0.168. The normalized spacial score (nSPS) is 11.9. The first-order valence-electron chi connectivity index (χ1n) is 20.6. The van der Waals surface area contributed by atoms with Crippen molar-refractivity contribution in [1.29, 1.82) is 0 Å². The second kappa shape index (κ2) is 13.3. The van der Waals surface area contributed by atoms with Crippen LogP contribution in [0, 0.1) is 0 Å². The van der Waals surface area contributed by atoms with Gasteiger partial charge < -0.3 is 13.7 Å². The van der Waals surface area contributed by atoms with Crippen LogP contribution in [0.4, 0.5) is 17.1 Å². The van der Waals surface area contributed by atoms with Crippen LogP contribution in [-0.4, -0.2) is 4.57 Å². The number of rotatable bonds is 6. The molecular formula is C56H34N2O2S. The first-order chi connectivity index (χ1) is 30.2. The zero-order chi connectivity index (χ0) is 40.0. The maximum Gasteiger partial charge on any atom is 0.213 e. The van der Waals surface area contributed by atoms with E-state index in [1.165, 1.54) is 31.3 Å². The van der Waals surface area contributed by atoms with E-state index in [2.05, 4.69) is 204 Å². The van der Waals surface area contributed by atoms with Crippen LogP contribution in [0.5, 0.6) is 0 Å². The third kappa shape index (κ3) is 5.24. The molecule has 5 heteroatoms. The number of hydrogen-bond donors (Lipinski definition) is 0. The summed E-state index contributed by atoms with van der Waals surface area (Å²) in [6, 6.07) is 73.6. The second-order valence-corrected chi connectivity index (χ2v) is 16.7. The van der Waals surface area contributed by atoms with Gasteiger partial charge in [-0.1, -0.05) is 127 Å². The minimum absolute atomic E-state index is 0.825. The number of fused-ring (bicyclic) bond motifs is 11. The van der Waals surface area contributed by atoms with Gasteiger partial charge >= 0.3 is 0 Å². The predicted molar refractivity (Wildman–Crippen MR) is 256 cm³/mol. The molecule has 0 atom stereocenters. The van der Waals surface area contributed by atoms with Gasteiger partial charge in [0.2, 0.25) is 5.71 Å². The summed E-state index contributed by atoms with van der Waals surface area (Å²) >= 11 is 1.84. The van der Waals surface area contributed by atoms with E-state index in [1.807, 2.05) is 23.5 Å². The molecule has 0 aliphatic rings. The Labute approximate surface area is 354 Å². The molecule has 0 aliphatic heterocycles. The van der Waals surface area contributed by atoms with Crippen molar-refractivity contribution in [2.24, 2.45) is 0 Å². The molecule has 4 aromatic heterocycles. The fraction of sp³-hybridized carbons (Fsp3) is 0. The Balaban J connectivity index is 0.963. The van der Waals surface area contributed by atoms with Gasteiger partial charge in [-0.15, -0.1) is 11.3 Å². The van der Waals surface area contributed by atoms with Crippen LogP contribution in [0.2, 0.25) is 0 Å². The highest BCUT2D eigenvalue weighted by Crippen LogP contribution is 2.46. The van der Waals surface area contributed by atoms with Crippen LogP contribution in [-0.2, 0) is 0 Å². The van der Waals surface area contributed by atoms with Crippen LogP contribution >= 0.6 is 11.3 Å². The first-order valence-corrected chi connectivity index (χ1v) is 21.4. The molecule has 9 aromatic carbocycles. The second-order valence-electron chi connectivity index (χ2n) is 15.6. The van der Waals surface area contributed by atoms with Crippen molar-refractivity contribution in [2.75, 3.05) is 4.90 Å². The average Bonchev–Trinajstić information content (AvgIpc) is 4.08. The summed E-state index contributed by atoms with van der Waals surface area (Å²) in [5.41, 5.74) is 13.4. The molecule has 4 heterocycles. The third-order valence-corrected chi connectivity index (χ3v) is 13.4. The van der Waals surface area contributed by atoms with E-state index in [0.717, 1.165) is 88.8 Å². The van der Waals surface area contributed by atoms with Crippen LogP contribution in [0.15, 0.2) is 215 Å². The highest BCUT2D eigenvalue weighted by Gasteiger charge is 2.23. The Hall–Kier alpha value is -7.86. The lowest BCUT2D eigenvalue weighted by Gasteiger charge is -2.27. The number of anilines is 3. The standard InChI is InChI=1S/C56H34N2O2S/c1-2-12-35(13-3-1)36-24-27-38(28-25-36)57(48-20-11-23-52-54(48)45-16-6-9-22-51(45)61-52)39-29-31-40(32-30-39)58-47-19-7-4-15-44(47)53-46-34-37(26-33-50(46)60-56(53)58)41-17-10-18-43-42-14-5-8-21-49(42)59-55(41)43/h1-34H. The molecular weight excluding hydrogens is 765 g/mol. The SMILES string of the molecule is c1ccc(-c2ccc(N(c3ccc(-n4c5ccccc5c5c6cc(-c7cccc8c7oc7ccccc78)ccc6oc54)cc3)c3cccc4sc5ccccc5c34)cc2)cc1. The van der Waals surface area contributed by atoms with Crippen molar-refractivity contribution in [3.05, 3.63) is 206 Å². The average molecular weight is 799 g/mol. The van der Waals surface area contributed by atoms with Gasteiger partial charge in [-0.25, -0.2) is 0 Å². The molecule has 0 bridgehead atoms. The van der Waals surface area contributed by atoms with Gasteiger partial charge in [0.1, 0.15) is 16.7 Å². The smallest absolute Gasteiger partial charge is 0.213 e. The van der Waals surface area contributed by atoms with Gasteiger partial charge in [-0.05, 0) is 95.6 Å². The molecule has 0 saturated carbocycles. The lowest BCUT2D eigenvalue weighted by atomic mass is 10.00. The predicted octanol–water partition coefficient (Wildman–Crippen LogP) is 16.6. The summed E-state index contributed by atoms with van der Waals surface area (Å²) in [5, 5.41) is 8.10. The zero-order valence-corrected chi connectivity index (χ0v) is 33.6. The molecule has 61 heavy (non-hydrogen) atoms. The van der Waals surface area contributed by atoms with Crippen LogP contribution in [0.3, 0.4) is 0 Å². The first kappa shape index (κ1) is 34.0. The molecule has 0 fully saturated rings. The highest BCUT2D eigenvalue weighted by molar-refractivity contribution is 7.26. The summed E-state index contributed by atoms with van der Waals surface area (Å²) in [6.07, 6.45) is 0. The van der Waals surface area contributed by atoms with Gasteiger partial charge in [0.05, 0.1) is 16.6 Å². The van der Waals surface area contributed by atoms with E-state index < -0.39 is 0 Å². The minimum Gasteiger partial charge on any atom is -0.455 e. The Morgan fingerprint density at radius 2 is 1.05 bits per heavy atom. The summed E-state index contributed by atoms with van der Waals surface area (Å²) in [4.78, 5) is 2.40. The van der Waals surface area contributed by atoms with Gasteiger partial charge in [-0.2, -0.15) is 0 Å². The number of nitrogens with zero attached hydrogens (tertiary/aromatic N) is 2. The molecule has 13 aromatic rings. The fourth-order valence-corrected chi connectivity index (χ4v) is 10.6. The van der Waals surface area contributed by atoms with E-state index in [9.17, 15) is 0 Å². The summed E-state index contributed by atoms with van der Waals surface area (Å²) in [6.45, 7) is 0.